The minimum absolute atomic E-state index is 0.204. The van der Waals surface area contributed by atoms with E-state index in [2.05, 4.69) is 21.8 Å². The molecule has 19 heavy (non-hydrogen) atoms. The number of nitrogen functional groups attached to an aromatic ring is 1. The summed E-state index contributed by atoms with van der Waals surface area (Å²) in [7, 11) is 0. The zero-order valence-electron chi connectivity index (χ0n) is 10.2. The van der Waals surface area contributed by atoms with Crippen molar-refractivity contribution in [2.75, 3.05) is 11.1 Å². The number of carbonyl (C=O) groups is 1. The number of benzene rings is 1. The van der Waals surface area contributed by atoms with Crippen molar-refractivity contribution >= 4 is 28.3 Å². The van der Waals surface area contributed by atoms with Gasteiger partial charge < -0.3 is 16.8 Å². The Morgan fingerprint density at radius 3 is 2.53 bits per heavy atom. The molecule has 0 saturated carbocycles. The Hall–Kier alpha value is -2.08. The molecule has 1 aromatic carbocycles. The van der Waals surface area contributed by atoms with E-state index in [0.29, 0.717) is 10.6 Å². The molecule has 1 aromatic heterocycles. The van der Waals surface area contributed by atoms with Gasteiger partial charge in [-0.1, -0.05) is 24.3 Å². The highest BCUT2D eigenvalue weighted by molar-refractivity contribution is 7.11. The van der Waals surface area contributed by atoms with Crippen LogP contribution >= 0.6 is 11.5 Å². The van der Waals surface area contributed by atoms with Gasteiger partial charge >= 0.3 is 0 Å². The summed E-state index contributed by atoms with van der Waals surface area (Å²) in [5, 5.41) is 4.00. The first-order valence-electron chi connectivity index (χ1n) is 6.03. The Bertz CT molecular complexity index is 612. The number of rotatable bonds is 3. The van der Waals surface area contributed by atoms with Gasteiger partial charge in [0.05, 0.1) is 0 Å². The zero-order chi connectivity index (χ0) is 13.4. The summed E-state index contributed by atoms with van der Waals surface area (Å²) in [5.74, 6) is -0.334. The predicted molar refractivity (Wildman–Crippen MR) is 76.3 cm³/mol. The van der Waals surface area contributed by atoms with Gasteiger partial charge in [-0.25, -0.2) is 0 Å². The summed E-state index contributed by atoms with van der Waals surface area (Å²) in [6.07, 6.45) is 1.87. The van der Waals surface area contributed by atoms with E-state index >= 15 is 0 Å². The fourth-order valence-corrected chi connectivity index (χ4v) is 3.28. The molecule has 0 bridgehead atoms. The summed E-state index contributed by atoms with van der Waals surface area (Å²) in [5.41, 5.74) is 14.0. The third-order valence-electron chi connectivity index (χ3n) is 3.35. The van der Waals surface area contributed by atoms with Gasteiger partial charge in [0, 0.05) is 6.04 Å². The second-order valence-electron chi connectivity index (χ2n) is 4.65. The number of hydrogen-bond donors (Lipinski definition) is 3. The highest BCUT2D eigenvalue weighted by Crippen LogP contribution is 2.30. The van der Waals surface area contributed by atoms with Gasteiger partial charge in [0.1, 0.15) is 10.6 Å². The monoisotopic (exact) mass is 274 g/mol. The SMILES string of the molecule is NC(=O)c1c(N)nsc1NC1Cc2ccccc2C1. The van der Waals surface area contributed by atoms with E-state index in [1.165, 1.54) is 22.7 Å². The van der Waals surface area contributed by atoms with Crippen molar-refractivity contribution in [3.63, 3.8) is 0 Å². The molecule has 0 spiro atoms. The predicted octanol–water partition coefficient (Wildman–Crippen LogP) is 1.40. The maximum atomic E-state index is 11.4. The molecule has 98 valence electrons. The number of hydrogen-bond acceptors (Lipinski definition) is 5. The number of carbonyl (C=O) groups excluding carboxylic acids is 1. The number of nitrogens with one attached hydrogen (secondary N) is 1. The number of nitrogens with two attached hydrogens (primary N) is 2. The fourth-order valence-electron chi connectivity index (χ4n) is 2.49. The molecule has 5 nitrogen and oxygen atoms in total. The summed E-state index contributed by atoms with van der Waals surface area (Å²) in [4.78, 5) is 11.4. The summed E-state index contributed by atoms with van der Waals surface area (Å²) < 4.78 is 3.99. The van der Waals surface area contributed by atoms with E-state index < -0.39 is 5.91 Å². The molecule has 5 N–H and O–H groups in total. The van der Waals surface area contributed by atoms with E-state index in [4.69, 9.17) is 11.5 Å². The number of fused-ring (bicyclic) bond motifs is 1. The first-order valence-corrected chi connectivity index (χ1v) is 6.80. The van der Waals surface area contributed by atoms with Crippen molar-refractivity contribution in [1.29, 1.82) is 0 Å². The van der Waals surface area contributed by atoms with E-state index in [-0.39, 0.29) is 11.9 Å². The Morgan fingerprint density at radius 1 is 1.32 bits per heavy atom. The van der Waals surface area contributed by atoms with Crippen LogP contribution in [-0.2, 0) is 12.8 Å². The highest BCUT2D eigenvalue weighted by atomic mass is 32.1. The highest BCUT2D eigenvalue weighted by Gasteiger charge is 2.24. The molecule has 0 aliphatic heterocycles. The normalized spacial score (nSPS) is 14.3. The van der Waals surface area contributed by atoms with Crippen molar-refractivity contribution in [2.45, 2.75) is 18.9 Å². The zero-order valence-corrected chi connectivity index (χ0v) is 11.0. The van der Waals surface area contributed by atoms with E-state index in [1.807, 2.05) is 12.1 Å². The second kappa shape index (κ2) is 4.55. The van der Waals surface area contributed by atoms with Gasteiger partial charge in [-0.15, -0.1) is 0 Å². The molecule has 2 aromatic rings. The maximum Gasteiger partial charge on any atom is 0.255 e. The van der Waals surface area contributed by atoms with Crippen LogP contribution in [0, 0.1) is 0 Å². The van der Waals surface area contributed by atoms with E-state index in [0.717, 1.165) is 12.8 Å². The third kappa shape index (κ3) is 2.15. The van der Waals surface area contributed by atoms with Gasteiger partial charge in [-0.2, -0.15) is 4.37 Å². The lowest BCUT2D eigenvalue weighted by Gasteiger charge is -2.12. The first kappa shape index (κ1) is 12.0. The molecule has 1 aliphatic rings. The van der Waals surface area contributed by atoms with E-state index in [1.54, 1.807) is 0 Å². The Kier molecular flexibility index (Phi) is 2.87. The van der Waals surface area contributed by atoms with Crippen LogP contribution in [0.3, 0.4) is 0 Å². The van der Waals surface area contributed by atoms with Gasteiger partial charge in [-0.05, 0) is 35.5 Å². The molecule has 1 aliphatic carbocycles. The quantitative estimate of drug-likeness (QED) is 0.788. The molecule has 0 saturated heterocycles. The Morgan fingerprint density at radius 2 is 1.95 bits per heavy atom. The first-order chi connectivity index (χ1) is 9.15. The molecule has 6 heteroatoms. The van der Waals surface area contributed by atoms with Crippen LogP contribution in [0.4, 0.5) is 10.8 Å². The summed E-state index contributed by atoms with van der Waals surface area (Å²) >= 11 is 1.18. The smallest absolute Gasteiger partial charge is 0.255 e. The lowest BCUT2D eigenvalue weighted by atomic mass is 10.1. The molecule has 0 radical (unpaired) electrons. The molecular weight excluding hydrogens is 260 g/mol. The largest absolute Gasteiger partial charge is 0.382 e. The molecular formula is C13H14N4OS. The Labute approximate surface area is 114 Å². The molecule has 0 unspecified atom stereocenters. The third-order valence-corrected chi connectivity index (χ3v) is 4.14. The molecule has 3 rings (SSSR count). The number of amides is 1. The lowest BCUT2D eigenvalue weighted by Crippen LogP contribution is -2.22. The van der Waals surface area contributed by atoms with Crippen LogP contribution in [0.15, 0.2) is 24.3 Å². The van der Waals surface area contributed by atoms with Crippen molar-refractivity contribution < 1.29 is 4.79 Å². The fraction of sp³-hybridized carbons (Fsp3) is 0.231. The van der Waals surface area contributed by atoms with Crippen molar-refractivity contribution in [1.82, 2.24) is 4.37 Å². The van der Waals surface area contributed by atoms with Crippen molar-refractivity contribution in [2.24, 2.45) is 5.73 Å². The second-order valence-corrected chi connectivity index (χ2v) is 5.43. The van der Waals surface area contributed by atoms with E-state index in [9.17, 15) is 4.79 Å². The number of anilines is 2. The van der Waals surface area contributed by atoms with Crippen molar-refractivity contribution in [3.8, 4) is 0 Å². The van der Waals surface area contributed by atoms with Crippen LogP contribution in [-0.4, -0.2) is 16.3 Å². The average molecular weight is 274 g/mol. The minimum atomic E-state index is -0.538. The van der Waals surface area contributed by atoms with Crippen LogP contribution in [0.25, 0.3) is 0 Å². The van der Waals surface area contributed by atoms with Crippen LogP contribution < -0.4 is 16.8 Å². The summed E-state index contributed by atoms with van der Waals surface area (Å²) in [6.45, 7) is 0. The summed E-state index contributed by atoms with van der Waals surface area (Å²) in [6, 6.07) is 8.61. The van der Waals surface area contributed by atoms with Crippen LogP contribution in [0.2, 0.25) is 0 Å². The standard InChI is InChI=1S/C13H14N4OS/c14-11-10(12(15)18)13(19-17-11)16-9-5-7-3-1-2-4-8(7)6-9/h1-4,9,16H,5-6H2,(H2,14,17)(H2,15,18). The molecule has 1 amide bonds. The molecule has 0 fully saturated rings. The van der Waals surface area contributed by atoms with Crippen LogP contribution in [0.5, 0.6) is 0 Å². The number of primary amides is 1. The average Bonchev–Trinajstić information content (AvgIpc) is 2.92. The van der Waals surface area contributed by atoms with Gasteiger partial charge in [-0.3, -0.25) is 4.79 Å². The van der Waals surface area contributed by atoms with Gasteiger partial charge in [0.25, 0.3) is 5.91 Å². The number of aromatic nitrogens is 1. The van der Waals surface area contributed by atoms with Crippen molar-refractivity contribution in [3.05, 3.63) is 41.0 Å². The lowest BCUT2D eigenvalue weighted by molar-refractivity contribution is 0.100. The Balaban J connectivity index is 1.80. The molecule has 0 atom stereocenters. The maximum absolute atomic E-state index is 11.4. The minimum Gasteiger partial charge on any atom is -0.382 e. The van der Waals surface area contributed by atoms with Gasteiger partial charge in [0.15, 0.2) is 5.82 Å². The molecule has 1 heterocycles. The number of nitrogens with zero attached hydrogens (tertiary/aromatic N) is 1. The van der Waals surface area contributed by atoms with Crippen LogP contribution in [0.1, 0.15) is 21.5 Å². The topological polar surface area (TPSA) is 94.0 Å². The van der Waals surface area contributed by atoms with Gasteiger partial charge in [0.2, 0.25) is 0 Å².